The van der Waals surface area contributed by atoms with Crippen LogP contribution in [0.4, 0.5) is 4.79 Å². The molecule has 2 N–H and O–H groups in total. The Morgan fingerprint density at radius 3 is 2.50 bits per heavy atom. The molecular weight excluding hydrogens is 286 g/mol. The van der Waals surface area contributed by atoms with E-state index in [4.69, 9.17) is 4.74 Å². The number of ether oxygens (including phenoxy) is 1. The highest BCUT2D eigenvalue weighted by Gasteiger charge is 2.36. The van der Waals surface area contributed by atoms with Gasteiger partial charge in [0.05, 0.1) is 0 Å². The number of nitrogens with zero attached hydrogens (tertiary/aromatic N) is 1. The molecule has 1 unspecified atom stereocenters. The van der Waals surface area contributed by atoms with E-state index < -0.39 is 17.7 Å². The molecule has 1 rings (SSSR count). The van der Waals surface area contributed by atoms with E-state index in [1.165, 1.54) is 11.0 Å². The van der Waals surface area contributed by atoms with Gasteiger partial charge in [-0.05, 0) is 39.7 Å². The molecule has 0 aromatic heterocycles. The number of nitrogens with one attached hydrogen (secondary N) is 2. The molecule has 1 saturated heterocycles. The molecule has 1 atom stereocenters. The van der Waals surface area contributed by atoms with E-state index in [0.717, 1.165) is 6.42 Å². The summed E-state index contributed by atoms with van der Waals surface area (Å²) in [4.78, 5) is 36.7. The highest BCUT2D eigenvalue weighted by atomic mass is 16.6. The smallest absolute Gasteiger partial charge is 0.410 e. The van der Waals surface area contributed by atoms with Crippen LogP contribution in [-0.2, 0) is 14.3 Å². The molecule has 7 nitrogen and oxygen atoms in total. The van der Waals surface area contributed by atoms with Gasteiger partial charge in [-0.3, -0.25) is 14.5 Å². The summed E-state index contributed by atoms with van der Waals surface area (Å²) in [5, 5.41) is 5.28. The fraction of sp³-hybridized carbons (Fsp3) is 0.667. The van der Waals surface area contributed by atoms with Crippen LogP contribution in [0.25, 0.3) is 0 Å². The van der Waals surface area contributed by atoms with E-state index >= 15 is 0 Å². The van der Waals surface area contributed by atoms with Crippen LogP contribution >= 0.6 is 0 Å². The molecule has 0 saturated carbocycles. The lowest BCUT2D eigenvalue weighted by Crippen LogP contribution is -2.48. The monoisotopic (exact) mass is 311 g/mol. The van der Waals surface area contributed by atoms with Gasteiger partial charge < -0.3 is 15.4 Å². The fourth-order valence-electron chi connectivity index (χ4n) is 2.14. The number of likely N-dealkylation sites (tertiary alicyclic amines) is 1. The predicted molar refractivity (Wildman–Crippen MR) is 82.2 cm³/mol. The molecule has 0 aromatic carbocycles. The van der Waals surface area contributed by atoms with Gasteiger partial charge in [-0.2, -0.15) is 0 Å². The van der Waals surface area contributed by atoms with E-state index in [2.05, 4.69) is 17.2 Å². The maximum Gasteiger partial charge on any atom is 0.410 e. The van der Waals surface area contributed by atoms with Crippen molar-refractivity contribution in [3.8, 4) is 0 Å². The minimum Gasteiger partial charge on any atom is -0.444 e. The van der Waals surface area contributed by atoms with Gasteiger partial charge in [0.25, 0.3) is 0 Å². The first-order valence-electron chi connectivity index (χ1n) is 7.42. The average molecular weight is 311 g/mol. The Morgan fingerprint density at radius 2 is 1.91 bits per heavy atom. The molecule has 0 bridgehead atoms. The molecule has 3 amide bonds. The standard InChI is InChI=1S/C15H25N3O4/c1-5-12(19)16-8-9-17-13(20)11-7-6-10-18(11)14(21)22-15(2,3)4/h5,11H,1,6-10H2,2-4H3,(H,16,19)(H,17,20). The first-order chi connectivity index (χ1) is 10.2. The number of hydrogen-bond acceptors (Lipinski definition) is 4. The van der Waals surface area contributed by atoms with Crippen molar-refractivity contribution >= 4 is 17.9 Å². The molecule has 0 aliphatic carbocycles. The third-order valence-electron chi connectivity index (χ3n) is 3.09. The number of carbonyl (C=O) groups excluding carboxylic acids is 3. The second-order valence-corrected chi connectivity index (χ2v) is 6.12. The van der Waals surface area contributed by atoms with Gasteiger partial charge in [0.15, 0.2) is 0 Å². The summed E-state index contributed by atoms with van der Waals surface area (Å²) in [7, 11) is 0. The van der Waals surface area contributed by atoms with E-state index in [1.54, 1.807) is 20.8 Å². The fourth-order valence-corrected chi connectivity index (χ4v) is 2.14. The summed E-state index contributed by atoms with van der Waals surface area (Å²) in [5.74, 6) is -0.512. The molecule has 1 fully saturated rings. The number of rotatable bonds is 5. The van der Waals surface area contributed by atoms with Crippen molar-refractivity contribution in [2.24, 2.45) is 0 Å². The molecular formula is C15H25N3O4. The Labute approximate surface area is 131 Å². The first-order valence-corrected chi connectivity index (χ1v) is 7.42. The van der Waals surface area contributed by atoms with E-state index in [9.17, 15) is 14.4 Å². The van der Waals surface area contributed by atoms with Crippen LogP contribution in [0.1, 0.15) is 33.6 Å². The lowest BCUT2D eigenvalue weighted by molar-refractivity contribution is -0.125. The zero-order valence-electron chi connectivity index (χ0n) is 13.5. The molecule has 0 radical (unpaired) electrons. The lowest BCUT2D eigenvalue weighted by Gasteiger charge is -2.28. The van der Waals surface area contributed by atoms with Crippen molar-refractivity contribution < 1.29 is 19.1 Å². The maximum atomic E-state index is 12.1. The Kier molecular flexibility index (Phi) is 6.39. The highest BCUT2D eigenvalue weighted by Crippen LogP contribution is 2.20. The normalized spacial score (nSPS) is 17.8. The van der Waals surface area contributed by atoms with Gasteiger partial charge >= 0.3 is 6.09 Å². The van der Waals surface area contributed by atoms with Crippen LogP contribution in [0.2, 0.25) is 0 Å². The molecule has 0 aromatic rings. The third kappa shape index (κ3) is 5.75. The number of carbonyl (C=O) groups is 3. The molecule has 1 heterocycles. The lowest BCUT2D eigenvalue weighted by atomic mass is 10.2. The van der Waals surface area contributed by atoms with Gasteiger partial charge in [-0.1, -0.05) is 6.58 Å². The Bertz CT molecular complexity index is 443. The van der Waals surface area contributed by atoms with Crippen LogP contribution in [0, 0.1) is 0 Å². The van der Waals surface area contributed by atoms with Crippen molar-refractivity contribution in [1.82, 2.24) is 15.5 Å². The van der Waals surface area contributed by atoms with Gasteiger partial charge in [0.2, 0.25) is 11.8 Å². The molecule has 7 heteroatoms. The summed E-state index contributed by atoms with van der Waals surface area (Å²) in [6.45, 7) is 9.84. The van der Waals surface area contributed by atoms with Gasteiger partial charge in [0.1, 0.15) is 11.6 Å². The molecule has 0 spiro atoms. The van der Waals surface area contributed by atoms with Crippen molar-refractivity contribution in [2.45, 2.75) is 45.3 Å². The quantitative estimate of drug-likeness (QED) is 0.581. The van der Waals surface area contributed by atoms with Crippen LogP contribution < -0.4 is 10.6 Å². The van der Waals surface area contributed by atoms with Gasteiger partial charge in [0, 0.05) is 19.6 Å². The van der Waals surface area contributed by atoms with Crippen molar-refractivity contribution in [3.63, 3.8) is 0 Å². The predicted octanol–water partition coefficient (Wildman–Crippen LogP) is 0.804. The van der Waals surface area contributed by atoms with E-state index in [0.29, 0.717) is 26.1 Å². The summed E-state index contributed by atoms with van der Waals surface area (Å²) < 4.78 is 5.31. The van der Waals surface area contributed by atoms with Crippen LogP contribution in [0.3, 0.4) is 0 Å². The van der Waals surface area contributed by atoms with E-state index in [-0.39, 0.29) is 11.8 Å². The average Bonchev–Trinajstić information content (AvgIpc) is 2.90. The zero-order chi connectivity index (χ0) is 16.8. The largest absolute Gasteiger partial charge is 0.444 e. The number of amides is 3. The number of hydrogen-bond donors (Lipinski definition) is 2. The summed E-state index contributed by atoms with van der Waals surface area (Å²) in [5.41, 5.74) is -0.588. The van der Waals surface area contributed by atoms with Gasteiger partial charge in [-0.25, -0.2) is 4.79 Å². The third-order valence-corrected chi connectivity index (χ3v) is 3.09. The molecule has 124 valence electrons. The first kappa shape index (κ1) is 18.0. The van der Waals surface area contributed by atoms with E-state index in [1.807, 2.05) is 0 Å². The van der Waals surface area contributed by atoms with Crippen molar-refractivity contribution in [3.05, 3.63) is 12.7 Å². The summed E-state index contributed by atoms with van der Waals surface area (Å²) >= 11 is 0. The SMILES string of the molecule is C=CC(=O)NCCNC(=O)C1CCCN1C(=O)OC(C)(C)C. The van der Waals surface area contributed by atoms with Crippen molar-refractivity contribution in [1.29, 1.82) is 0 Å². The topological polar surface area (TPSA) is 87.7 Å². The van der Waals surface area contributed by atoms with Crippen LogP contribution in [0.5, 0.6) is 0 Å². The van der Waals surface area contributed by atoms with Crippen LogP contribution in [-0.4, -0.2) is 54.1 Å². The summed E-state index contributed by atoms with van der Waals surface area (Å²) in [6, 6.07) is -0.509. The zero-order valence-corrected chi connectivity index (χ0v) is 13.5. The molecule has 1 aliphatic rings. The maximum absolute atomic E-state index is 12.1. The van der Waals surface area contributed by atoms with Gasteiger partial charge in [-0.15, -0.1) is 0 Å². The second kappa shape index (κ2) is 7.82. The second-order valence-electron chi connectivity index (χ2n) is 6.12. The summed E-state index contributed by atoms with van der Waals surface area (Å²) in [6.07, 6.45) is 2.09. The Hall–Kier alpha value is -2.05. The molecule has 22 heavy (non-hydrogen) atoms. The Balaban J connectivity index is 2.45. The van der Waals surface area contributed by atoms with Crippen LogP contribution in [0.15, 0.2) is 12.7 Å². The molecule has 1 aliphatic heterocycles. The minimum absolute atomic E-state index is 0.226. The Morgan fingerprint density at radius 1 is 1.27 bits per heavy atom. The minimum atomic E-state index is -0.588. The highest BCUT2D eigenvalue weighted by molar-refractivity contribution is 5.87. The van der Waals surface area contributed by atoms with Crippen molar-refractivity contribution in [2.75, 3.05) is 19.6 Å².